The normalized spacial score (nSPS) is 27.4. The lowest BCUT2D eigenvalue weighted by atomic mass is 9.61. The van der Waals surface area contributed by atoms with Crippen molar-refractivity contribution in [3.8, 4) is 0 Å². The van der Waals surface area contributed by atoms with Gasteiger partial charge in [-0.15, -0.1) is 0 Å². The van der Waals surface area contributed by atoms with E-state index in [1.807, 2.05) is 26.0 Å². The lowest BCUT2D eigenvalue weighted by Gasteiger charge is -2.41. The van der Waals surface area contributed by atoms with Crippen LogP contribution in [0.5, 0.6) is 0 Å². The highest BCUT2D eigenvalue weighted by Crippen LogP contribution is 2.46. The van der Waals surface area contributed by atoms with E-state index in [2.05, 4.69) is 13.0 Å². The number of rotatable bonds is 6. The van der Waals surface area contributed by atoms with E-state index in [1.54, 1.807) is 7.11 Å². The van der Waals surface area contributed by atoms with E-state index >= 15 is 0 Å². The smallest absolute Gasteiger partial charge is 0.314 e. The molecule has 1 aliphatic rings. The summed E-state index contributed by atoms with van der Waals surface area (Å²) in [5, 5.41) is 9.72. The fourth-order valence-corrected chi connectivity index (χ4v) is 2.96. The molecule has 3 heteroatoms. The van der Waals surface area contributed by atoms with Crippen LogP contribution in [0.3, 0.4) is 0 Å². The Morgan fingerprint density at radius 2 is 2.22 bits per heavy atom. The van der Waals surface area contributed by atoms with Gasteiger partial charge in [-0.1, -0.05) is 44.6 Å². The maximum Gasteiger partial charge on any atom is 0.314 e. The fraction of sp³-hybridized carbons (Fsp3) is 0.667. The van der Waals surface area contributed by atoms with Gasteiger partial charge in [-0.25, -0.2) is 0 Å². The first kappa shape index (κ1) is 15.0. The molecule has 0 amide bonds. The molecule has 0 saturated heterocycles. The van der Waals surface area contributed by atoms with E-state index in [0.717, 1.165) is 12.8 Å². The van der Waals surface area contributed by atoms with Crippen LogP contribution in [0.4, 0.5) is 0 Å². The summed E-state index contributed by atoms with van der Waals surface area (Å²) in [6, 6.07) is 0. The number of aliphatic carboxylic acids is 1. The second kappa shape index (κ2) is 6.19. The molecule has 3 nitrogen and oxygen atoms in total. The fourth-order valence-electron chi connectivity index (χ4n) is 2.96. The van der Waals surface area contributed by atoms with Gasteiger partial charge in [0.2, 0.25) is 0 Å². The van der Waals surface area contributed by atoms with Gasteiger partial charge in [0.15, 0.2) is 0 Å². The summed E-state index contributed by atoms with van der Waals surface area (Å²) >= 11 is 0. The molecule has 1 aliphatic carbocycles. The molecule has 0 fully saturated rings. The van der Waals surface area contributed by atoms with Crippen molar-refractivity contribution in [3.63, 3.8) is 0 Å². The monoisotopic (exact) mass is 252 g/mol. The molecule has 102 valence electrons. The highest BCUT2D eigenvalue weighted by molar-refractivity contribution is 5.79. The number of methoxy groups -OCH3 is 1. The summed E-state index contributed by atoms with van der Waals surface area (Å²) in [4.78, 5) is 11.8. The van der Waals surface area contributed by atoms with E-state index in [0.29, 0.717) is 6.61 Å². The first-order valence-electron chi connectivity index (χ1n) is 6.61. The lowest BCUT2D eigenvalue weighted by Crippen LogP contribution is -2.44. The van der Waals surface area contributed by atoms with Gasteiger partial charge in [0, 0.05) is 19.6 Å². The van der Waals surface area contributed by atoms with E-state index in [9.17, 15) is 9.90 Å². The summed E-state index contributed by atoms with van der Waals surface area (Å²) in [6.07, 6.45) is 7.46. The third-order valence-electron chi connectivity index (χ3n) is 4.05. The largest absolute Gasteiger partial charge is 0.481 e. The first-order chi connectivity index (χ1) is 8.50. The van der Waals surface area contributed by atoms with Gasteiger partial charge in [-0.3, -0.25) is 4.79 Å². The molecule has 0 saturated carbocycles. The Bertz CT molecular complexity index is 355. The van der Waals surface area contributed by atoms with Crippen LogP contribution >= 0.6 is 0 Å². The van der Waals surface area contributed by atoms with E-state index < -0.39 is 11.4 Å². The summed E-state index contributed by atoms with van der Waals surface area (Å²) in [5.74, 6) is -0.637. The molecular weight excluding hydrogens is 228 g/mol. The Labute approximate surface area is 110 Å². The van der Waals surface area contributed by atoms with Crippen molar-refractivity contribution >= 4 is 5.97 Å². The average Bonchev–Trinajstić information content (AvgIpc) is 2.34. The third kappa shape index (κ3) is 2.51. The van der Waals surface area contributed by atoms with Gasteiger partial charge in [0.05, 0.1) is 5.41 Å². The molecule has 2 unspecified atom stereocenters. The Morgan fingerprint density at radius 1 is 1.56 bits per heavy atom. The lowest BCUT2D eigenvalue weighted by molar-refractivity contribution is -0.151. The first-order valence-corrected chi connectivity index (χ1v) is 6.61. The highest BCUT2D eigenvalue weighted by atomic mass is 16.5. The van der Waals surface area contributed by atoms with Gasteiger partial charge in [-0.05, 0) is 18.8 Å². The molecule has 0 aliphatic heterocycles. The van der Waals surface area contributed by atoms with Gasteiger partial charge < -0.3 is 9.84 Å². The van der Waals surface area contributed by atoms with Crippen LogP contribution in [0.15, 0.2) is 23.8 Å². The summed E-state index contributed by atoms with van der Waals surface area (Å²) < 4.78 is 5.15. The Hall–Kier alpha value is -1.09. The van der Waals surface area contributed by atoms with Crippen molar-refractivity contribution in [3.05, 3.63) is 23.8 Å². The van der Waals surface area contributed by atoms with Crippen molar-refractivity contribution in [2.75, 3.05) is 13.7 Å². The van der Waals surface area contributed by atoms with E-state index in [4.69, 9.17) is 4.74 Å². The van der Waals surface area contributed by atoms with Crippen molar-refractivity contribution in [2.24, 2.45) is 17.3 Å². The Balaban J connectivity index is 3.17. The molecule has 18 heavy (non-hydrogen) atoms. The van der Waals surface area contributed by atoms with Gasteiger partial charge in [0.1, 0.15) is 0 Å². The number of carboxylic acids is 1. The topological polar surface area (TPSA) is 46.5 Å². The number of hydrogen-bond donors (Lipinski definition) is 1. The van der Waals surface area contributed by atoms with E-state index in [-0.39, 0.29) is 11.8 Å². The van der Waals surface area contributed by atoms with Crippen LogP contribution in [0.2, 0.25) is 0 Å². The molecule has 0 radical (unpaired) electrons. The van der Waals surface area contributed by atoms with Crippen molar-refractivity contribution in [2.45, 2.75) is 33.6 Å². The maximum absolute atomic E-state index is 11.8. The molecule has 0 bridgehead atoms. The molecule has 2 atom stereocenters. The van der Waals surface area contributed by atoms with Crippen molar-refractivity contribution < 1.29 is 14.6 Å². The van der Waals surface area contributed by atoms with Gasteiger partial charge in [-0.2, -0.15) is 0 Å². The average molecular weight is 252 g/mol. The van der Waals surface area contributed by atoms with Crippen LogP contribution in [0.25, 0.3) is 0 Å². The highest BCUT2D eigenvalue weighted by Gasteiger charge is 2.48. The number of carboxylic acid groups (broad SMARTS) is 1. The van der Waals surface area contributed by atoms with Crippen molar-refractivity contribution in [1.29, 1.82) is 0 Å². The molecule has 0 aromatic rings. The van der Waals surface area contributed by atoms with Crippen LogP contribution < -0.4 is 0 Å². The molecule has 1 N–H and O–H groups in total. The number of carbonyl (C=O) groups is 1. The standard InChI is InChI=1S/C15H24O3/c1-5-12-7-6-9-15(11(2)3,14(16)17)13(12)8-10-18-4/h6-7,9,11,13H,5,8,10H2,1-4H3,(H,16,17). The van der Waals surface area contributed by atoms with Crippen molar-refractivity contribution in [1.82, 2.24) is 0 Å². The molecule has 1 rings (SSSR count). The quantitative estimate of drug-likeness (QED) is 0.789. The van der Waals surface area contributed by atoms with Crippen LogP contribution in [-0.2, 0) is 9.53 Å². The molecule has 0 aromatic heterocycles. The zero-order chi connectivity index (χ0) is 13.8. The number of ether oxygens (including phenoxy) is 1. The summed E-state index contributed by atoms with van der Waals surface area (Å²) in [5.41, 5.74) is 0.421. The second-order valence-corrected chi connectivity index (χ2v) is 5.18. The predicted octanol–water partition coefficient (Wildman–Crippen LogP) is 3.27. The predicted molar refractivity (Wildman–Crippen MR) is 72.4 cm³/mol. The number of allylic oxidation sites excluding steroid dienone is 3. The second-order valence-electron chi connectivity index (χ2n) is 5.18. The van der Waals surface area contributed by atoms with Crippen LogP contribution in [0.1, 0.15) is 33.6 Å². The van der Waals surface area contributed by atoms with Gasteiger partial charge in [0.25, 0.3) is 0 Å². The molecule has 0 aromatic carbocycles. The summed E-state index contributed by atoms with van der Waals surface area (Å²) in [6.45, 7) is 6.64. The molecular formula is C15H24O3. The van der Waals surface area contributed by atoms with E-state index in [1.165, 1.54) is 5.57 Å². The van der Waals surface area contributed by atoms with Crippen LogP contribution in [-0.4, -0.2) is 24.8 Å². The van der Waals surface area contributed by atoms with Gasteiger partial charge >= 0.3 is 5.97 Å². The zero-order valence-corrected chi connectivity index (χ0v) is 11.8. The number of hydrogen-bond acceptors (Lipinski definition) is 2. The summed E-state index contributed by atoms with van der Waals surface area (Å²) in [7, 11) is 1.66. The molecule has 0 heterocycles. The SMILES string of the molecule is CCC1=CC=CC(C(=O)O)(C(C)C)C1CCOC. The molecule has 0 spiro atoms. The Kier molecular flexibility index (Phi) is 5.15. The Morgan fingerprint density at radius 3 is 2.67 bits per heavy atom. The zero-order valence-electron chi connectivity index (χ0n) is 11.8. The third-order valence-corrected chi connectivity index (χ3v) is 4.05. The minimum absolute atomic E-state index is 0.0324. The van der Waals surface area contributed by atoms with Crippen LogP contribution in [0, 0.1) is 17.3 Å². The minimum atomic E-state index is -0.793. The minimum Gasteiger partial charge on any atom is -0.481 e. The maximum atomic E-state index is 11.8.